The van der Waals surface area contributed by atoms with E-state index in [1.54, 1.807) is 6.07 Å². The van der Waals surface area contributed by atoms with Crippen molar-refractivity contribution in [2.24, 2.45) is 0 Å². The van der Waals surface area contributed by atoms with Gasteiger partial charge in [0.25, 0.3) is 0 Å². The van der Waals surface area contributed by atoms with Crippen LogP contribution >= 0.6 is 15.9 Å². The number of halogens is 1. The van der Waals surface area contributed by atoms with Gasteiger partial charge >= 0.3 is 0 Å². The summed E-state index contributed by atoms with van der Waals surface area (Å²) < 4.78 is 6.49. The van der Waals surface area contributed by atoms with E-state index in [9.17, 15) is 5.11 Å². The molecule has 0 saturated carbocycles. The minimum atomic E-state index is 0.0297. The smallest absolute Gasteiger partial charge is 0.125 e. The van der Waals surface area contributed by atoms with Crippen LogP contribution in [0.3, 0.4) is 0 Å². The highest BCUT2D eigenvalue weighted by Crippen LogP contribution is 2.24. The number of aromatic hydroxyl groups is 2. The van der Waals surface area contributed by atoms with Crippen molar-refractivity contribution in [3.63, 3.8) is 0 Å². The maximum absolute atomic E-state index is 9.57. The SMILES string of the molecule is Oc1ccc(COc2ccc(Br)cc2)c(O)c1. The first-order valence-corrected chi connectivity index (χ1v) is 5.83. The Labute approximate surface area is 107 Å². The number of hydrogen-bond donors (Lipinski definition) is 2. The minimum absolute atomic E-state index is 0.0297. The van der Waals surface area contributed by atoms with Gasteiger partial charge in [-0.05, 0) is 36.4 Å². The standard InChI is InChI=1S/C13H11BrO3/c14-10-2-5-12(6-3-10)17-8-9-1-4-11(15)7-13(9)16/h1-7,15-16H,8H2. The summed E-state index contributed by atoms with van der Waals surface area (Å²) >= 11 is 3.34. The summed E-state index contributed by atoms with van der Waals surface area (Å²) in [6.07, 6.45) is 0. The molecule has 0 fully saturated rings. The molecular formula is C13H11BrO3. The monoisotopic (exact) mass is 294 g/mol. The van der Waals surface area contributed by atoms with Gasteiger partial charge in [0, 0.05) is 16.1 Å². The molecule has 0 aromatic heterocycles. The van der Waals surface area contributed by atoms with Crippen LogP contribution in [0.1, 0.15) is 5.56 Å². The van der Waals surface area contributed by atoms with E-state index in [0.717, 1.165) is 10.2 Å². The van der Waals surface area contributed by atoms with Crippen LogP contribution in [0.5, 0.6) is 17.2 Å². The Morgan fingerprint density at radius 3 is 2.35 bits per heavy atom. The molecule has 0 bridgehead atoms. The summed E-state index contributed by atoms with van der Waals surface area (Å²) in [6.45, 7) is 0.258. The second-order valence-electron chi connectivity index (χ2n) is 3.56. The second kappa shape index (κ2) is 5.10. The van der Waals surface area contributed by atoms with Gasteiger partial charge in [-0.1, -0.05) is 15.9 Å². The number of rotatable bonds is 3. The van der Waals surface area contributed by atoms with E-state index >= 15 is 0 Å². The summed E-state index contributed by atoms with van der Waals surface area (Å²) in [6, 6.07) is 11.9. The van der Waals surface area contributed by atoms with Crippen molar-refractivity contribution >= 4 is 15.9 Å². The predicted molar refractivity (Wildman–Crippen MR) is 68.2 cm³/mol. The lowest BCUT2D eigenvalue weighted by atomic mass is 10.2. The van der Waals surface area contributed by atoms with Gasteiger partial charge in [0.1, 0.15) is 23.9 Å². The van der Waals surface area contributed by atoms with Crippen molar-refractivity contribution in [2.45, 2.75) is 6.61 Å². The maximum Gasteiger partial charge on any atom is 0.125 e. The van der Waals surface area contributed by atoms with Gasteiger partial charge in [-0.15, -0.1) is 0 Å². The van der Waals surface area contributed by atoms with E-state index in [4.69, 9.17) is 9.84 Å². The van der Waals surface area contributed by atoms with Crippen LogP contribution in [0, 0.1) is 0 Å². The molecule has 0 spiro atoms. The van der Waals surface area contributed by atoms with Crippen LogP contribution in [-0.4, -0.2) is 10.2 Å². The average Bonchev–Trinajstić information content (AvgIpc) is 2.30. The highest BCUT2D eigenvalue weighted by Gasteiger charge is 2.03. The molecule has 2 N–H and O–H groups in total. The molecule has 0 aliphatic heterocycles. The average molecular weight is 295 g/mol. The molecule has 0 heterocycles. The van der Waals surface area contributed by atoms with E-state index < -0.39 is 0 Å². The largest absolute Gasteiger partial charge is 0.508 e. The van der Waals surface area contributed by atoms with Gasteiger partial charge in [-0.25, -0.2) is 0 Å². The number of hydrogen-bond acceptors (Lipinski definition) is 3. The molecule has 2 rings (SSSR count). The third-order valence-electron chi connectivity index (χ3n) is 2.28. The molecule has 0 saturated heterocycles. The van der Waals surface area contributed by atoms with Crippen molar-refractivity contribution < 1.29 is 14.9 Å². The van der Waals surface area contributed by atoms with Gasteiger partial charge in [0.2, 0.25) is 0 Å². The van der Waals surface area contributed by atoms with Crippen LogP contribution in [-0.2, 0) is 6.61 Å². The molecule has 3 nitrogen and oxygen atoms in total. The van der Waals surface area contributed by atoms with Gasteiger partial charge in [-0.3, -0.25) is 0 Å². The zero-order chi connectivity index (χ0) is 12.3. The van der Waals surface area contributed by atoms with E-state index in [-0.39, 0.29) is 18.1 Å². The van der Waals surface area contributed by atoms with Crippen LogP contribution in [0.25, 0.3) is 0 Å². The Hall–Kier alpha value is -1.68. The van der Waals surface area contributed by atoms with E-state index in [2.05, 4.69) is 15.9 Å². The summed E-state index contributed by atoms with van der Waals surface area (Å²) in [4.78, 5) is 0. The Bertz CT molecular complexity index is 509. The molecule has 17 heavy (non-hydrogen) atoms. The van der Waals surface area contributed by atoms with E-state index in [1.165, 1.54) is 12.1 Å². The Balaban J connectivity index is 2.04. The van der Waals surface area contributed by atoms with E-state index in [0.29, 0.717) is 5.56 Å². The lowest BCUT2D eigenvalue weighted by Gasteiger charge is -2.08. The highest BCUT2D eigenvalue weighted by atomic mass is 79.9. The fourth-order valence-corrected chi connectivity index (χ4v) is 1.63. The molecular weight excluding hydrogens is 284 g/mol. The number of ether oxygens (including phenoxy) is 1. The second-order valence-corrected chi connectivity index (χ2v) is 4.47. The van der Waals surface area contributed by atoms with Crippen molar-refractivity contribution in [2.75, 3.05) is 0 Å². The zero-order valence-corrected chi connectivity index (χ0v) is 10.5. The fourth-order valence-electron chi connectivity index (χ4n) is 1.37. The first-order valence-electron chi connectivity index (χ1n) is 5.04. The third-order valence-corrected chi connectivity index (χ3v) is 2.81. The maximum atomic E-state index is 9.57. The predicted octanol–water partition coefficient (Wildman–Crippen LogP) is 3.44. The number of benzene rings is 2. The van der Waals surface area contributed by atoms with Crippen molar-refractivity contribution in [1.29, 1.82) is 0 Å². The van der Waals surface area contributed by atoms with Crippen LogP contribution in [0.2, 0.25) is 0 Å². The normalized spacial score (nSPS) is 10.2. The van der Waals surface area contributed by atoms with Gasteiger partial charge < -0.3 is 14.9 Å². The molecule has 2 aromatic rings. The number of phenols is 2. The van der Waals surface area contributed by atoms with Gasteiger partial charge in [0.15, 0.2) is 0 Å². The molecule has 0 aliphatic rings. The van der Waals surface area contributed by atoms with Crippen molar-refractivity contribution in [1.82, 2.24) is 0 Å². The van der Waals surface area contributed by atoms with Crippen molar-refractivity contribution in [3.8, 4) is 17.2 Å². The summed E-state index contributed by atoms with van der Waals surface area (Å²) in [5.41, 5.74) is 0.630. The lowest BCUT2D eigenvalue weighted by molar-refractivity contribution is 0.298. The summed E-state index contributed by atoms with van der Waals surface area (Å²) in [7, 11) is 0. The van der Waals surface area contributed by atoms with E-state index in [1.807, 2.05) is 24.3 Å². The topological polar surface area (TPSA) is 49.7 Å². The molecule has 4 heteroatoms. The molecule has 88 valence electrons. The first-order chi connectivity index (χ1) is 8.15. The third kappa shape index (κ3) is 3.14. The Morgan fingerprint density at radius 2 is 1.71 bits per heavy atom. The first kappa shape index (κ1) is 11.8. The Morgan fingerprint density at radius 1 is 1.00 bits per heavy atom. The lowest BCUT2D eigenvalue weighted by Crippen LogP contribution is -1.95. The zero-order valence-electron chi connectivity index (χ0n) is 8.93. The van der Waals surface area contributed by atoms with Gasteiger partial charge in [0.05, 0.1) is 0 Å². The molecule has 0 radical (unpaired) electrons. The molecule has 0 aliphatic carbocycles. The summed E-state index contributed by atoms with van der Waals surface area (Å²) in [5.74, 6) is 0.790. The number of phenolic OH excluding ortho intramolecular Hbond substituents is 2. The van der Waals surface area contributed by atoms with Crippen molar-refractivity contribution in [3.05, 3.63) is 52.5 Å². The van der Waals surface area contributed by atoms with Gasteiger partial charge in [-0.2, -0.15) is 0 Å². The quantitative estimate of drug-likeness (QED) is 0.912. The fraction of sp³-hybridized carbons (Fsp3) is 0.0769. The molecule has 0 atom stereocenters. The summed E-state index contributed by atoms with van der Waals surface area (Å²) in [5, 5.41) is 18.7. The molecule has 0 amide bonds. The highest BCUT2D eigenvalue weighted by molar-refractivity contribution is 9.10. The van der Waals surface area contributed by atoms with Crippen LogP contribution in [0.4, 0.5) is 0 Å². The molecule has 0 unspecified atom stereocenters. The Kier molecular flexibility index (Phi) is 3.54. The van der Waals surface area contributed by atoms with Crippen LogP contribution in [0.15, 0.2) is 46.9 Å². The molecule has 2 aromatic carbocycles. The van der Waals surface area contributed by atoms with Crippen LogP contribution < -0.4 is 4.74 Å². The minimum Gasteiger partial charge on any atom is -0.508 e.